The Morgan fingerprint density at radius 2 is 1.70 bits per heavy atom. The quantitative estimate of drug-likeness (QED) is 0.738. The maximum Gasteiger partial charge on any atom is 0.244 e. The van der Waals surface area contributed by atoms with Crippen molar-refractivity contribution < 1.29 is 13.2 Å². The first-order valence-corrected chi connectivity index (χ1v) is 10.4. The highest BCUT2D eigenvalue weighted by atomic mass is 35.5. The van der Waals surface area contributed by atoms with E-state index in [4.69, 9.17) is 21.6 Å². The zero-order chi connectivity index (χ0) is 19.3. The van der Waals surface area contributed by atoms with Gasteiger partial charge in [0.2, 0.25) is 10.0 Å². The van der Waals surface area contributed by atoms with Crippen LogP contribution in [0, 0.1) is 11.3 Å². The predicted molar refractivity (Wildman–Crippen MR) is 103 cm³/mol. The molecule has 1 heterocycles. The minimum Gasteiger partial charge on any atom is -0.492 e. The molecule has 0 radical (unpaired) electrons. The van der Waals surface area contributed by atoms with Crippen LogP contribution in [0.25, 0.3) is 0 Å². The van der Waals surface area contributed by atoms with Gasteiger partial charge in [0.05, 0.1) is 10.5 Å². The summed E-state index contributed by atoms with van der Waals surface area (Å²) in [6.45, 7) is 3.26. The summed E-state index contributed by atoms with van der Waals surface area (Å²) in [6.07, 6.45) is 0. The summed E-state index contributed by atoms with van der Waals surface area (Å²) in [7, 11) is -3.66. The van der Waals surface area contributed by atoms with Gasteiger partial charge in [0.15, 0.2) is 0 Å². The van der Waals surface area contributed by atoms with Crippen molar-refractivity contribution in [2.24, 2.45) is 0 Å². The van der Waals surface area contributed by atoms with E-state index in [0.29, 0.717) is 44.4 Å². The van der Waals surface area contributed by atoms with Crippen LogP contribution < -0.4 is 4.74 Å². The van der Waals surface area contributed by atoms with Gasteiger partial charge in [-0.05, 0) is 36.4 Å². The minimum absolute atomic E-state index is 0.0759. The number of nitriles is 1. The van der Waals surface area contributed by atoms with Crippen molar-refractivity contribution in [1.29, 1.82) is 5.26 Å². The molecule has 3 rings (SSSR count). The summed E-state index contributed by atoms with van der Waals surface area (Å²) in [5, 5.41) is 9.83. The Morgan fingerprint density at radius 3 is 2.37 bits per heavy atom. The van der Waals surface area contributed by atoms with Crippen LogP contribution in [0.4, 0.5) is 0 Å². The van der Waals surface area contributed by atoms with E-state index >= 15 is 0 Å². The van der Waals surface area contributed by atoms with Crippen LogP contribution in [0.15, 0.2) is 53.4 Å². The standard InChI is InChI=1S/C19H20ClN3O3S/c20-17-5-7-18(8-6-17)26-14-13-22-9-11-23(12-10-22)27(24,25)19-4-2-1-3-16(19)15-21/h1-8H,9-14H2. The Bertz CT molecular complexity index is 918. The van der Waals surface area contributed by atoms with Gasteiger partial charge in [-0.25, -0.2) is 8.42 Å². The van der Waals surface area contributed by atoms with Crippen LogP contribution in [-0.4, -0.2) is 57.0 Å². The number of hydrogen-bond donors (Lipinski definition) is 0. The van der Waals surface area contributed by atoms with Gasteiger partial charge < -0.3 is 4.74 Å². The fourth-order valence-electron chi connectivity index (χ4n) is 2.94. The van der Waals surface area contributed by atoms with Gasteiger partial charge in [0.1, 0.15) is 18.4 Å². The molecule has 0 aromatic heterocycles. The minimum atomic E-state index is -3.66. The second kappa shape index (κ2) is 8.72. The van der Waals surface area contributed by atoms with E-state index in [0.717, 1.165) is 5.75 Å². The molecule has 1 fully saturated rings. The lowest BCUT2D eigenvalue weighted by Crippen LogP contribution is -2.49. The topological polar surface area (TPSA) is 73.6 Å². The number of benzene rings is 2. The number of hydrogen-bond acceptors (Lipinski definition) is 5. The number of halogens is 1. The number of rotatable bonds is 6. The van der Waals surface area contributed by atoms with Gasteiger partial charge >= 0.3 is 0 Å². The Morgan fingerprint density at radius 1 is 1.04 bits per heavy atom. The highest BCUT2D eigenvalue weighted by molar-refractivity contribution is 7.89. The highest BCUT2D eigenvalue weighted by Gasteiger charge is 2.30. The number of piperazine rings is 1. The average molecular weight is 406 g/mol. The maximum atomic E-state index is 12.8. The maximum absolute atomic E-state index is 12.8. The molecule has 0 unspecified atom stereocenters. The van der Waals surface area contributed by atoms with Crippen LogP contribution in [0.2, 0.25) is 5.02 Å². The van der Waals surface area contributed by atoms with Crippen LogP contribution in [0.1, 0.15) is 5.56 Å². The van der Waals surface area contributed by atoms with Crippen LogP contribution in [0.5, 0.6) is 5.75 Å². The first-order valence-electron chi connectivity index (χ1n) is 8.61. The van der Waals surface area contributed by atoms with Crippen LogP contribution in [0.3, 0.4) is 0 Å². The number of nitrogens with zero attached hydrogens (tertiary/aromatic N) is 3. The molecule has 1 saturated heterocycles. The molecular weight excluding hydrogens is 386 g/mol. The van der Waals surface area contributed by atoms with Crippen molar-refractivity contribution >= 4 is 21.6 Å². The monoisotopic (exact) mass is 405 g/mol. The Balaban J connectivity index is 1.52. The molecule has 8 heteroatoms. The summed E-state index contributed by atoms with van der Waals surface area (Å²) in [5.74, 6) is 0.758. The van der Waals surface area contributed by atoms with Gasteiger partial charge in [-0.1, -0.05) is 23.7 Å². The summed E-state index contributed by atoms with van der Waals surface area (Å²) in [4.78, 5) is 2.24. The third-order valence-corrected chi connectivity index (χ3v) is 6.66. The summed E-state index contributed by atoms with van der Waals surface area (Å²) < 4.78 is 32.8. The third kappa shape index (κ3) is 4.79. The van der Waals surface area contributed by atoms with Crippen molar-refractivity contribution in [3.8, 4) is 11.8 Å². The molecule has 2 aromatic rings. The zero-order valence-electron chi connectivity index (χ0n) is 14.7. The molecule has 2 aromatic carbocycles. The van der Waals surface area contributed by atoms with Crippen LogP contribution in [-0.2, 0) is 10.0 Å². The first kappa shape index (κ1) is 19.6. The molecule has 142 valence electrons. The zero-order valence-corrected chi connectivity index (χ0v) is 16.3. The third-order valence-electron chi connectivity index (χ3n) is 4.45. The molecule has 0 saturated carbocycles. The summed E-state index contributed by atoms with van der Waals surface area (Å²) in [5.41, 5.74) is 0.177. The van der Waals surface area contributed by atoms with Crippen molar-refractivity contribution in [3.05, 3.63) is 59.1 Å². The van der Waals surface area contributed by atoms with Crippen molar-refractivity contribution in [3.63, 3.8) is 0 Å². The molecule has 0 bridgehead atoms. The van der Waals surface area contributed by atoms with Crippen molar-refractivity contribution in [2.75, 3.05) is 39.3 Å². The Hall–Kier alpha value is -2.11. The molecule has 1 aliphatic heterocycles. The summed E-state index contributed by atoms with van der Waals surface area (Å²) >= 11 is 5.85. The van der Waals surface area contributed by atoms with E-state index in [2.05, 4.69) is 4.90 Å². The SMILES string of the molecule is N#Cc1ccccc1S(=O)(=O)N1CCN(CCOc2ccc(Cl)cc2)CC1. The van der Waals surface area contributed by atoms with E-state index in [1.165, 1.54) is 16.4 Å². The lowest BCUT2D eigenvalue weighted by atomic mass is 10.2. The van der Waals surface area contributed by atoms with Gasteiger partial charge in [-0.15, -0.1) is 0 Å². The first-order chi connectivity index (χ1) is 13.0. The molecule has 0 N–H and O–H groups in total. The second-order valence-electron chi connectivity index (χ2n) is 6.16. The molecule has 0 aliphatic carbocycles. The van der Waals surface area contributed by atoms with E-state index in [9.17, 15) is 8.42 Å². The van der Waals surface area contributed by atoms with Crippen LogP contribution >= 0.6 is 11.6 Å². The number of ether oxygens (including phenoxy) is 1. The smallest absolute Gasteiger partial charge is 0.244 e. The fourth-order valence-corrected chi connectivity index (χ4v) is 4.63. The predicted octanol–water partition coefficient (Wildman–Crippen LogP) is 2.60. The molecule has 6 nitrogen and oxygen atoms in total. The van der Waals surface area contributed by atoms with Crippen molar-refractivity contribution in [2.45, 2.75) is 4.90 Å². The van der Waals surface area contributed by atoms with Gasteiger partial charge in [0.25, 0.3) is 0 Å². The Kier molecular flexibility index (Phi) is 6.34. The van der Waals surface area contributed by atoms with Gasteiger partial charge in [-0.2, -0.15) is 9.57 Å². The van der Waals surface area contributed by atoms with Gasteiger partial charge in [0, 0.05) is 37.7 Å². The van der Waals surface area contributed by atoms with E-state index in [1.807, 2.05) is 18.2 Å². The fraction of sp³-hybridized carbons (Fsp3) is 0.316. The Labute approximate surface area is 164 Å². The van der Waals surface area contributed by atoms with Crippen molar-refractivity contribution in [1.82, 2.24) is 9.21 Å². The molecule has 1 aliphatic rings. The molecule has 0 atom stereocenters. The average Bonchev–Trinajstić information content (AvgIpc) is 2.70. The lowest BCUT2D eigenvalue weighted by Gasteiger charge is -2.33. The number of sulfonamides is 1. The molecule has 0 amide bonds. The molecule has 27 heavy (non-hydrogen) atoms. The normalized spacial score (nSPS) is 16.0. The second-order valence-corrected chi connectivity index (χ2v) is 8.50. The van der Waals surface area contributed by atoms with E-state index < -0.39 is 10.0 Å². The summed E-state index contributed by atoms with van der Waals surface area (Å²) in [6, 6.07) is 15.5. The highest BCUT2D eigenvalue weighted by Crippen LogP contribution is 2.21. The largest absolute Gasteiger partial charge is 0.492 e. The lowest BCUT2D eigenvalue weighted by molar-refractivity contribution is 0.159. The molecule has 0 spiro atoms. The van der Waals surface area contributed by atoms with E-state index in [-0.39, 0.29) is 10.5 Å². The molecular formula is C19H20ClN3O3S. The van der Waals surface area contributed by atoms with E-state index in [1.54, 1.807) is 24.3 Å². The van der Waals surface area contributed by atoms with Gasteiger partial charge in [-0.3, -0.25) is 4.90 Å².